The monoisotopic (exact) mass is 408 g/mol. The molecule has 0 bridgehead atoms. The van der Waals surface area contributed by atoms with E-state index in [-0.39, 0.29) is 0 Å². The lowest BCUT2D eigenvalue weighted by molar-refractivity contribution is 0.309. The maximum atomic E-state index is 6.11. The number of allylic oxidation sites excluding steroid dienone is 4. The number of hydrogen-bond donors (Lipinski definition) is 0. The van der Waals surface area contributed by atoms with Crippen molar-refractivity contribution in [1.82, 2.24) is 9.55 Å². The van der Waals surface area contributed by atoms with Gasteiger partial charge in [-0.3, -0.25) is 0 Å². The Balaban J connectivity index is 1.67. The van der Waals surface area contributed by atoms with Gasteiger partial charge in [-0.05, 0) is 43.0 Å². The van der Waals surface area contributed by atoms with Crippen LogP contribution < -0.4 is 4.74 Å². The van der Waals surface area contributed by atoms with Crippen LogP contribution in [0.5, 0.6) is 5.75 Å². The Kier molecular flexibility index (Phi) is 4.93. The van der Waals surface area contributed by atoms with E-state index in [0.717, 1.165) is 52.0 Å². The molecule has 4 rings (SSSR count). The van der Waals surface area contributed by atoms with E-state index in [0.29, 0.717) is 6.61 Å². The number of aromatic nitrogens is 2. The van der Waals surface area contributed by atoms with E-state index in [1.54, 1.807) is 0 Å². The molecule has 0 fully saturated rings. The topological polar surface area (TPSA) is 27.1 Å². The number of ether oxygens (including phenoxy) is 1. The van der Waals surface area contributed by atoms with E-state index < -0.39 is 0 Å². The van der Waals surface area contributed by atoms with Gasteiger partial charge in [0.05, 0.1) is 5.52 Å². The highest BCUT2D eigenvalue weighted by Crippen LogP contribution is 2.32. The van der Waals surface area contributed by atoms with Crippen LogP contribution in [0, 0.1) is 6.92 Å². The minimum absolute atomic E-state index is 0.534. The van der Waals surface area contributed by atoms with E-state index in [9.17, 15) is 0 Å². The Morgan fingerprint density at radius 2 is 2.00 bits per heavy atom. The first kappa shape index (κ1) is 17.1. The number of imidazole rings is 1. The maximum Gasteiger partial charge on any atom is 0.148 e. The van der Waals surface area contributed by atoms with Gasteiger partial charge in [-0.2, -0.15) is 0 Å². The molecule has 1 aromatic heterocycles. The zero-order chi connectivity index (χ0) is 17.9. The quantitative estimate of drug-likeness (QED) is 0.520. The molecule has 0 saturated carbocycles. The number of fused-ring (bicyclic) bond motifs is 1. The van der Waals surface area contributed by atoms with E-state index >= 15 is 0 Å². The van der Waals surface area contributed by atoms with Gasteiger partial charge in [0.15, 0.2) is 0 Å². The van der Waals surface area contributed by atoms with Crippen LogP contribution in [0.25, 0.3) is 11.0 Å². The Morgan fingerprint density at radius 3 is 2.77 bits per heavy atom. The summed E-state index contributed by atoms with van der Waals surface area (Å²) in [5.74, 6) is 1.82. The molecule has 2 aromatic carbocycles. The minimum Gasteiger partial charge on any atom is -0.487 e. The number of hydrogen-bond acceptors (Lipinski definition) is 2. The molecule has 132 valence electrons. The summed E-state index contributed by atoms with van der Waals surface area (Å²) < 4.78 is 9.37. The van der Waals surface area contributed by atoms with Crippen LogP contribution in [0.15, 0.2) is 70.7 Å². The molecule has 0 saturated heterocycles. The Bertz CT molecular complexity index is 986. The lowest BCUT2D eigenvalue weighted by Crippen LogP contribution is -2.03. The molecule has 0 spiro atoms. The standard InChI is InChI=1S/C22H21BrN2O/c1-16-24-22-20(25(16)14-17-8-4-2-5-9-17)12-19(23)13-21(22)26-15-18-10-6-3-7-11-18/h3-4,6-13H,2,5,14-15H2,1H3. The molecule has 0 N–H and O–H groups in total. The van der Waals surface area contributed by atoms with Gasteiger partial charge in [-0.15, -0.1) is 0 Å². The maximum absolute atomic E-state index is 6.11. The zero-order valence-corrected chi connectivity index (χ0v) is 16.4. The third-order valence-electron chi connectivity index (χ3n) is 4.62. The van der Waals surface area contributed by atoms with Gasteiger partial charge in [0.2, 0.25) is 0 Å². The molecule has 0 amide bonds. The number of halogens is 1. The lowest BCUT2D eigenvalue weighted by Gasteiger charge is -2.12. The van der Waals surface area contributed by atoms with Crippen molar-refractivity contribution in [3.8, 4) is 5.75 Å². The molecular weight excluding hydrogens is 388 g/mol. The van der Waals surface area contributed by atoms with Crippen LogP contribution in [0.4, 0.5) is 0 Å². The Hall–Kier alpha value is -2.33. The first-order valence-electron chi connectivity index (χ1n) is 8.89. The van der Waals surface area contributed by atoms with E-state index in [4.69, 9.17) is 9.72 Å². The molecule has 3 nitrogen and oxygen atoms in total. The molecule has 0 radical (unpaired) electrons. The molecule has 0 atom stereocenters. The average Bonchev–Trinajstić information content (AvgIpc) is 2.97. The number of nitrogens with zero attached hydrogens (tertiary/aromatic N) is 2. The summed E-state index contributed by atoms with van der Waals surface area (Å²) in [7, 11) is 0. The van der Waals surface area contributed by atoms with Crippen LogP contribution in [-0.2, 0) is 13.2 Å². The van der Waals surface area contributed by atoms with Gasteiger partial charge in [0, 0.05) is 11.0 Å². The van der Waals surface area contributed by atoms with Crippen molar-refractivity contribution >= 4 is 27.0 Å². The highest BCUT2D eigenvalue weighted by atomic mass is 79.9. The molecule has 0 aliphatic heterocycles. The molecule has 1 heterocycles. The van der Waals surface area contributed by atoms with Crippen LogP contribution >= 0.6 is 15.9 Å². The van der Waals surface area contributed by atoms with Gasteiger partial charge >= 0.3 is 0 Å². The minimum atomic E-state index is 0.534. The molecule has 1 aliphatic rings. The normalized spacial score (nSPS) is 13.8. The predicted octanol–water partition coefficient (Wildman–Crippen LogP) is 5.96. The van der Waals surface area contributed by atoms with Crippen molar-refractivity contribution in [2.75, 3.05) is 0 Å². The summed E-state index contributed by atoms with van der Waals surface area (Å²) in [6.45, 7) is 3.43. The molecule has 1 aliphatic carbocycles. The number of aryl methyl sites for hydroxylation is 1. The summed E-state index contributed by atoms with van der Waals surface area (Å²) in [5.41, 5.74) is 4.50. The average molecular weight is 409 g/mol. The molecule has 26 heavy (non-hydrogen) atoms. The van der Waals surface area contributed by atoms with Crippen LogP contribution in [0.2, 0.25) is 0 Å². The molecule has 3 aromatic rings. The van der Waals surface area contributed by atoms with Gasteiger partial charge in [-0.25, -0.2) is 4.98 Å². The van der Waals surface area contributed by atoms with Crippen LogP contribution in [0.1, 0.15) is 24.2 Å². The summed E-state index contributed by atoms with van der Waals surface area (Å²) in [6, 6.07) is 14.3. The fourth-order valence-corrected chi connectivity index (χ4v) is 3.71. The van der Waals surface area contributed by atoms with E-state index in [1.807, 2.05) is 24.3 Å². The highest BCUT2D eigenvalue weighted by Gasteiger charge is 2.14. The zero-order valence-electron chi connectivity index (χ0n) is 14.8. The fourth-order valence-electron chi connectivity index (χ4n) is 3.29. The first-order valence-corrected chi connectivity index (χ1v) is 9.69. The van der Waals surface area contributed by atoms with Crippen molar-refractivity contribution in [3.63, 3.8) is 0 Å². The summed E-state index contributed by atoms with van der Waals surface area (Å²) in [6.07, 6.45) is 9.03. The van der Waals surface area contributed by atoms with Crippen molar-refractivity contribution in [1.29, 1.82) is 0 Å². The number of benzene rings is 2. The Morgan fingerprint density at radius 1 is 1.15 bits per heavy atom. The molecular formula is C22H21BrN2O. The van der Waals surface area contributed by atoms with Gasteiger partial charge < -0.3 is 9.30 Å². The second kappa shape index (κ2) is 7.50. The SMILES string of the molecule is Cc1nc2c(OCc3ccccc3)cc(Br)cc2n1CC1=CCCC=C1. The largest absolute Gasteiger partial charge is 0.487 e. The van der Waals surface area contributed by atoms with E-state index in [2.05, 4.69) is 63.8 Å². The molecule has 0 unspecified atom stereocenters. The summed E-state index contributed by atoms with van der Waals surface area (Å²) in [5, 5.41) is 0. The highest BCUT2D eigenvalue weighted by molar-refractivity contribution is 9.10. The third-order valence-corrected chi connectivity index (χ3v) is 5.08. The fraction of sp³-hybridized carbons (Fsp3) is 0.227. The van der Waals surface area contributed by atoms with Crippen LogP contribution in [-0.4, -0.2) is 9.55 Å². The second-order valence-electron chi connectivity index (χ2n) is 6.55. The predicted molar refractivity (Wildman–Crippen MR) is 109 cm³/mol. The van der Waals surface area contributed by atoms with Gasteiger partial charge in [0.25, 0.3) is 0 Å². The molecule has 4 heteroatoms. The smallest absolute Gasteiger partial charge is 0.148 e. The van der Waals surface area contributed by atoms with Gasteiger partial charge in [0.1, 0.15) is 23.7 Å². The first-order chi connectivity index (χ1) is 12.7. The third kappa shape index (κ3) is 3.61. The van der Waals surface area contributed by atoms with Crippen molar-refractivity contribution in [2.45, 2.75) is 32.9 Å². The van der Waals surface area contributed by atoms with Crippen molar-refractivity contribution < 1.29 is 4.74 Å². The van der Waals surface area contributed by atoms with E-state index in [1.165, 1.54) is 5.57 Å². The second-order valence-corrected chi connectivity index (χ2v) is 7.47. The van der Waals surface area contributed by atoms with Crippen molar-refractivity contribution in [2.24, 2.45) is 0 Å². The van der Waals surface area contributed by atoms with Crippen molar-refractivity contribution in [3.05, 3.63) is 82.1 Å². The van der Waals surface area contributed by atoms with Gasteiger partial charge in [-0.1, -0.05) is 64.5 Å². The lowest BCUT2D eigenvalue weighted by atomic mass is 10.1. The number of rotatable bonds is 5. The van der Waals surface area contributed by atoms with Crippen LogP contribution in [0.3, 0.4) is 0 Å². The summed E-state index contributed by atoms with van der Waals surface area (Å²) >= 11 is 3.63. The summed E-state index contributed by atoms with van der Waals surface area (Å²) in [4.78, 5) is 4.80. The Labute approximate surface area is 162 Å².